The van der Waals surface area contributed by atoms with Crippen LogP contribution in [0.3, 0.4) is 0 Å². The van der Waals surface area contributed by atoms with Crippen molar-refractivity contribution in [1.82, 2.24) is 0 Å². The van der Waals surface area contributed by atoms with E-state index in [0.717, 1.165) is 0 Å². The summed E-state index contributed by atoms with van der Waals surface area (Å²) in [4.78, 5) is 9.04. The van der Waals surface area contributed by atoms with Crippen molar-refractivity contribution in [1.29, 1.82) is 0 Å². The fourth-order valence-corrected chi connectivity index (χ4v) is 1.43. The van der Waals surface area contributed by atoms with E-state index in [2.05, 4.69) is 0 Å². The van der Waals surface area contributed by atoms with Gasteiger partial charge >= 0.3 is 0 Å². The highest BCUT2D eigenvalue weighted by atomic mass is 35.5. The summed E-state index contributed by atoms with van der Waals surface area (Å²) < 4.78 is 11.0. The Morgan fingerprint density at radius 1 is 1.27 bits per heavy atom. The van der Waals surface area contributed by atoms with Gasteiger partial charge in [-0.15, -0.1) is 12.4 Å². The first-order valence-electron chi connectivity index (χ1n) is 2.96. The van der Waals surface area contributed by atoms with Gasteiger partial charge < -0.3 is 4.89 Å². The van der Waals surface area contributed by atoms with E-state index < -0.39 is 7.37 Å². The lowest BCUT2D eigenvalue weighted by Crippen LogP contribution is -2.00. The van der Waals surface area contributed by atoms with Crippen LogP contribution >= 0.6 is 19.8 Å². The second-order valence-corrected chi connectivity index (χ2v) is 4.49. The lowest BCUT2D eigenvalue weighted by molar-refractivity contribution is 0.496. The molecule has 0 aromatic heterocycles. The van der Waals surface area contributed by atoms with Gasteiger partial charge in [-0.25, -0.2) is 0 Å². The summed E-state index contributed by atoms with van der Waals surface area (Å²) in [6.07, 6.45) is 0. The van der Waals surface area contributed by atoms with Gasteiger partial charge in [-0.2, -0.15) is 0 Å². The zero-order valence-electron chi connectivity index (χ0n) is 6.10. The van der Waals surface area contributed by atoms with Crippen LogP contribution in [-0.2, 0) is 4.57 Å². The summed E-state index contributed by atoms with van der Waals surface area (Å²) in [5.74, 6) is 0. The fraction of sp³-hybridized carbons (Fsp3) is 0.143. The van der Waals surface area contributed by atoms with Crippen LogP contribution in [0.25, 0.3) is 0 Å². The quantitative estimate of drug-likeness (QED) is 0.687. The molecule has 0 aliphatic rings. The first-order valence-corrected chi connectivity index (χ1v) is 5.07. The topological polar surface area (TPSA) is 37.3 Å². The molecule has 1 aromatic carbocycles. The molecule has 0 heterocycles. The van der Waals surface area contributed by atoms with Gasteiger partial charge in [-0.1, -0.05) is 18.2 Å². The predicted molar refractivity (Wildman–Crippen MR) is 49.1 cm³/mol. The van der Waals surface area contributed by atoms with Crippen molar-refractivity contribution < 1.29 is 9.46 Å². The monoisotopic (exact) mass is 192 g/mol. The first-order chi connectivity index (χ1) is 4.61. The van der Waals surface area contributed by atoms with Crippen molar-refractivity contribution in [2.75, 3.05) is 6.66 Å². The third kappa shape index (κ3) is 3.06. The SMILES string of the molecule is CP(=O)(O)c1ccccc1.Cl. The summed E-state index contributed by atoms with van der Waals surface area (Å²) in [5.41, 5.74) is 0. The molecule has 0 spiro atoms. The van der Waals surface area contributed by atoms with Gasteiger partial charge in [-0.05, 0) is 12.1 Å². The van der Waals surface area contributed by atoms with Gasteiger partial charge in [-0.3, -0.25) is 4.57 Å². The van der Waals surface area contributed by atoms with Gasteiger partial charge in [0, 0.05) is 12.0 Å². The van der Waals surface area contributed by atoms with Gasteiger partial charge in [0.2, 0.25) is 7.37 Å². The second kappa shape index (κ2) is 3.91. The standard InChI is InChI=1S/C7H9O2P.ClH/c1-10(8,9)7-5-3-2-4-6-7;/h2-6H,1H3,(H,8,9);1H. The largest absolute Gasteiger partial charge is 0.341 e. The maximum atomic E-state index is 11.0. The molecule has 1 atom stereocenters. The van der Waals surface area contributed by atoms with Gasteiger partial charge in [0.05, 0.1) is 0 Å². The fourth-order valence-electron chi connectivity index (χ4n) is 0.705. The molecule has 1 rings (SSSR count). The molecule has 11 heavy (non-hydrogen) atoms. The van der Waals surface area contributed by atoms with Crippen LogP contribution in [-0.4, -0.2) is 11.6 Å². The van der Waals surface area contributed by atoms with Gasteiger partial charge in [0.1, 0.15) is 0 Å². The smallest absolute Gasteiger partial charge is 0.226 e. The van der Waals surface area contributed by atoms with Crippen molar-refractivity contribution in [3.8, 4) is 0 Å². The van der Waals surface area contributed by atoms with E-state index in [0.29, 0.717) is 5.30 Å². The van der Waals surface area contributed by atoms with Crippen molar-refractivity contribution in [3.05, 3.63) is 30.3 Å². The van der Waals surface area contributed by atoms with E-state index in [1.54, 1.807) is 24.3 Å². The first kappa shape index (κ1) is 10.7. The number of rotatable bonds is 1. The Morgan fingerprint density at radius 2 is 1.73 bits per heavy atom. The Hall–Kier alpha value is -0.300. The molecule has 0 saturated heterocycles. The molecule has 2 nitrogen and oxygen atoms in total. The zero-order valence-corrected chi connectivity index (χ0v) is 7.81. The average Bonchev–Trinajstić information content (AvgIpc) is 1.88. The molecule has 0 aliphatic heterocycles. The van der Waals surface area contributed by atoms with E-state index in [-0.39, 0.29) is 12.4 Å². The van der Waals surface area contributed by atoms with E-state index in [9.17, 15) is 4.57 Å². The van der Waals surface area contributed by atoms with E-state index >= 15 is 0 Å². The van der Waals surface area contributed by atoms with Crippen LogP contribution in [0.4, 0.5) is 0 Å². The van der Waals surface area contributed by atoms with Crippen molar-refractivity contribution >= 4 is 25.1 Å². The average molecular weight is 193 g/mol. The number of hydrogen-bond acceptors (Lipinski definition) is 1. The zero-order chi connectivity index (χ0) is 7.61. The van der Waals surface area contributed by atoms with Crippen molar-refractivity contribution in [2.45, 2.75) is 0 Å². The molecule has 0 saturated carbocycles. The Bertz CT molecular complexity index is 254. The Morgan fingerprint density at radius 3 is 2.00 bits per heavy atom. The molecule has 1 aromatic rings. The Kier molecular flexibility index (Phi) is 3.81. The summed E-state index contributed by atoms with van der Waals surface area (Å²) in [6, 6.07) is 8.63. The van der Waals surface area contributed by atoms with Crippen LogP contribution < -0.4 is 5.30 Å². The summed E-state index contributed by atoms with van der Waals surface area (Å²) in [5, 5.41) is 0.509. The van der Waals surface area contributed by atoms with Crippen LogP contribution in [0.15, 0.2) is 30.3 Å². The third-order valence-electron chi connectivity index (χ3n) is 1.24. The maximum absolute atomic E-state index is 11.0. The highest BCUT2D eigenvalue weighted by Crippen LogP contribution is 2.33. The Balaban J connectivity index is 0.000001000. The van der Waals surface area contributed by atoms with Gasteiger partial charge in [0.15, 0.2) is 0 Å². The normalized spacial score (nSPS) is 14.7. The molecule has 62 valence electrons. The molecule has 1 unspecified atom stereocenters. The lowest BCUT2D eigenvalue weighted by Gasteiger charge is -2.02. The molecule has 0 aliphatic carbocycles. The molecule has 0 bridgehead atoms. The predicted octanol–water partition coefficient (Wildman–Crippen LogP) is 1.63. The van der Waals surface area contributed by atoms with E-state index in [1.165, 1.54) is 6.66 Å². The molecule has 0 radical (unpaired) electrons. The minimum absolute atomic E-state index is 0. The molecular formula is C7H10ClO2P. The van der Waals surface area contributed by atoms with Crippen LogP contribution in [0.5, 0.6) is 0 Å². The van der Waals surface area contributed by atoms with Crippen LogP contribution in [0.2, 0.25) is 0 Å². The number of halogens is 1. The van der Waals surface area contributed by atoms with Crippen LogP contribution in [0, 0.1) is 0 Å². The van der Waals surface area contributed by atoms with E-state index in [1.807, 2.05) is 6.07 Å². The van der Waals surface area contributed by atoms with Crippen molar-refractivity contribution in [3.63, 3.8) is 0 Å². The highest BCUT2D eigenvalue weighted by Gasteiger charge is 2.10. The lowest BCUT2D eigenvalue weighted by atomic mass is 10.4. The Labute approximate surface area is 72.1 Å². The van der Waals surface area contributed by atoms with Gasteiger partial charge in [0.25, 0.3) is 0 Å². The van der Waals surface area contributed by atoms with Crippen LogP contribution in [0.1, 0.15) is 0 Å². The summed E-state index contributed by atoms with van der Waals surface area (Å²) in [7, 11) is -3.02. The molecule has 0 fully saturated rings. The van der Waals surface area contributed by atoms with E-state index in [4.69, 9.17) is 4.89 Å². The molecular weight excluding hydrogens is 183 g/mol. The van der Waals surface area contributed by atoms with Crippen molar-refractivity contribution in [2.24, 2.45) is 0 Å². The highest BCUT2D eigenvalue weighted by molar-refractivity contribution is 7.65. The minimum atomic E-state index is -3.02. The second-order valence-electron chi connectivity index (χ2n) is 2.21. The third-order valence-corrected chi connectivity index (χ3v) is 2.49. The molecule has 0 amide bonds. The number of hydrogen-bond donors (Lipinski definition) is 1. The summed E-state index contributed by atoms with van der Waals surface area (Å²) >= 11 is 0. The number of benzene rings is 1. The minimum Gasteiger partial charge on any atom is -0.341 e. The molecule has 4 heteroatoms. The summed E-state index contributed by atoms with van der Waals surface area (Å²) in [6.45, 7) is 1.34. The maximum Gasteiger partial charge on any atom is 0.226 e. The molecule has 1 N–H and O–H groups in total.